The maximum atomic E-state index is 9.94. The van der Waals surface area contributed by atoms with Gasteiger partial charge in [-0.15, -0.1) is 0 Å². The van der Waals surface area contributed by atoms with Crippen molar-refractivity contribution in [2.24, 2.45) is 0 Å². The summed E-state index contributed by atoms with van der Waals surface area (Å²) in [5, 5.41) is 10.5. The Morgan fingerprint density at radius 3 is 2.70 bits per heavy atom. The minimum Gasteiger partial charge on any atom is -0.493 e. The molecule has 0 saturated carbocycles. The third-order valence-electron chi connectivity index (χ3n) is 4.53. The monoisotopic (exact) mass is 342 g/mol. The first kappa shape index (κ1) is 18.3. The van der Waals surface area contributed by atoms with Gasteiger partial charge in [-0.05, 0) is 38.6 Å². The molecule has 2 unspecified atom stereocenters. The molecule has 2 rings (SSSR count). The van der Waals surface area contributed by atoms with E-state index < -0.39 is 0 Å². The fourth-order valence-corrected chi connectivity index (χ4v) is 3.28. The lowest BCUT2D eigenvalue weighted by atomic mass is 10.0. The molecule has 0 aliphatic carbocycles. The number of benzene rings is 1. The van der Waals surface area contributed by atoms with E-state index in [1.165, 1.54) is 0 Å². The third kappa shape index (κ3) is 4.10. The maximum absolute atomic E-state index is 9.94. The molecule has 0 amide bonds. The minimum absolute atomic E-state index is 0.0455. The Hall–Kier alpha value is -1.01. The van der Waals surface area contributed by atoms with Crippen molar-refractivity contribution in [2.45, 2.75) is 25.9 Å². The third-order valence-corrected chi connectivity index (χ3v) is 4.81. The molecule has 130 valence electrons. The number of halogens is 1. The average Bonchev–Trinajstić information content (AvgIpc) is 2.53. The minimum atomic E-state index is -0.0896. The van der Waals surface area contributed by atoms with Gasteiger partial charge in [0, 0.05) is 25.7 Å². The molecule has 2 atom stereocenters. The highest BCUT2D eigenvalue weighted by Crippen LogP contribution is 2.39. The lowest BCUT2D eigenvalue weighted by Crippen LogP contribution is -2.51. The summed E-state index contributed by atoms with van der Waals surface area (Å²) in [6.07, 6.45) is 0. The molecule has 0 aromatic heterocycles. The number of hydrogen-bond donors (Lipinski definition) is 1. The Morgan fingerprint density at radius 2 is 2.13 bits per heavy atom. The van der Waals surface area contributed by atoms with Crippen molar-refractivity contribution in [1.29, 1.82) is 0 Å². The predicted molar refractivity (Wildman–Crippen MR) is 92.7 cm³/mol. The van der Waals surface area contributed by atoms with Crippen LogP contribution in [0.25, 0.3) is 0 Å². The molecule has 23 heavy (non-hydrogen) atoms. The van der Waals surface area contributed by atoms with Crippen molar-refractivity contribution in [3.05, 3.63) is 22.7 Å². The van der Waals surface area contributed by atoms with Crippen LogP contribution in [-0.4, -0.2) is 68.0 Å². The Morgan fingerprint density at radius 1 is 1.39 bits per heavy atom. The van der Waals surface area contributed by atoms with Crippen LogP contribution in [0.15, 0.2) is 12.1 Å². The Labute approximate surface area is 143 Å². The number of hydrogen-bond acceptors (Lipinski definition) is 5. The van der Waals surface area contributed by atoms with Crippen LogP contribution in [0.3, 0.4) is 0 Å². The van der Waals surface area contributed by atoms with E-state index in [1.807, 2.05) is 19.1 Å². The van der Waals surface area contributed by atoms with Gasteiger partial charge in [-0.3, -0.25) is 4.90 Å². The van der Waals surface area contributed by atoms with Gasteiger partial charge in [-0.2, -0.15) is 0 Å². The fraction of sp³-hybridized carbons (Fsp3) is 0.647. The van der Waals surface area contributed by atoms with E-state index in [2.05, 4.69) is 23.8 Å². The van der Waals surface area contributed by atoms with Crippen molar-refractivity contribution in [2.75, 3.05) is 47.0 Å². The standard InChI is InChI=1S/C17H27ClN2O3/c1-5-23-17-14(18)8-13(9-16(17)22-4)15(11-21)20-7-6-19(3)12(2)10-20/h8-9,12,15,21H,5-7,10-11H2,1-4H3. The number of likely N-dealkylation sites (N-methyl/N-ethyl adjacent to an activating group) is 1. The summed E-state index contributed by atoms with van der Waals surface area (Å²) in [5.41, 5.74) is 0.953. The highest BCUT2D eigenvalue weighted by atomic mass is 35.5. The van der Waals surface area contributed by atoms with Gasteiger partial charge in [-0.1, -0.05) is 11.6 Å². The molecule has 1 aromatic rings. The molecule has 6 heteroatoms. The number of nitrogens with zero attached hydrogens (tertiary/aromatic N) is 2. The molecule has 1 heterocycles. The van der Waals surface area contributed by atoms with E-state index in [0.717, 1.165) is 25.2 Å². The van der Waals surface area contributed by atoms with Crippen molar-refractivity contribution in [3.63, 3.8) is 0 Å². The van der Waals surface area contributed by atoms with Crippen molar-refractivity contribution in [3.8, 4) is 11.5 Å². The van der Waals surface area contributed by atoms with Crippen LogP contribution in [0.2, 0.25) is 5.02 Å². The van der Waals surface area contributed by atoms with Gasteiger partial charge in [0.25, 0.3) is 0 Å². The molecule has 0 spiro atoms. The molecule has 1 fully saturated rings. The first-order chi connectivity index (χ1) is 11.0. The summed E-state index contributed by atoms with van der Waals surface area (Å²) >= 11 is 6.37. The fourth-order valence-electron chi connectivity index (χ4n) is 3.01. The molecule has 1 saturated heterocycles. The SMILES string of the molecule is CCOc1c(Cl)cc(C(CO)N2CCN(C)C(C)C2)cc1OC. The first-order valence-corrected chi connectivity index (χ1v) is 8.44. The zero-order chi connectivity index (χ0) is 17.0. The lowest BCUT2D eigenvalue weighted by Gasteiger charge is -2.41. The molecular formula is C17H27ClN2O3. The van der Waals surface area contributed by atoms with Crippen LogP contribution >= 0.6 is 11.6 Å². The van der Waals surface area contributed by atoms with Gasteiger partial charge in [0.05, 0.1) is 31.4 Å². The number of methoxy groups -OCH3 is 1. The summed E-state index contributed by atoms with van der Waals surface area (Å²) in [7, 11) is 3.73. The molecular weight excluding hydrogens is 316 g/mol. The normalized spacial score (nSPS) is 21.2. The van der Waals surface area contributed by atoms with Gasteiger partial charge in [0.2, 0.25) is 0 Å². The predicted octanol–water partition coefficient (Wildman–Crippen LogP) is 2.42. The molecule has 0 radical (unpaired) electrons. The van der Waals surface area contributed by atoms with E-state index in [-0.39, 0.29) is 12.6 Å². The van der Waals surface area contributed by atoms with Crippen LogP contribution in [0.4, 0.5) is 0 Å². The first-order valence-electron chi connectivity index (χ1n) is 8.07. The van der Waals surface area contributed by atoms with Crippen LogP contribution in [0.1, 0.15) is 25.5 Å². The number of rotatable bonds is 6. The summed E-state index contributed by atoms with van der Waals surface area (Å²) < 4.78 is 11.0. The summed E-state index contributed by atoms with van der Waals surface area (Å²) in [6, 6.07) is 4.16. The molecule has 1 aromatic carbocycles. The zero-order valence-electron chi connectivity index (χ0n) is 14.4. The zero-order valence-corrected chi connectivity index (χ0v) is 15.1. The van der Waals surface area contributed by atoms with E-state index in [4.69, 9.17) is 21.1 Å². The lowest BCUT2D eigenvalue weighted by molar-refractivity contribution is 0.0463. The van der Waals surface area contributed by atoms with Crippen LogP contribution in [0, 0.1) is 0 Å². The topological polar surface area (TPSA) is 45.2 Å². The highest BCUT2D eigenvalue weighted by Gasteiger charge is 2.28. The van der Waals surface area contributed by atoms with Gasteiger partial charge >= 0.3 is 0 Å². The smallest absolute Gasteiger partial charge is 0.179 e. The van der Waals surface area contributed by atoms with Crippen molar-refractivity contribution in [1.82, 2.24) is 9.80 Å². The summed E-state index contributed by atoms with van der Waals surface area (Å²) in [6.45, 7) is 7.49. The average molecular weight is 343 g/mol. The maximum Gasteiger partial charge on any atom is 0.179 e. The Balaban J connectivity index is 2.29. The van der Waals surface area contributed by atoms with E-state index in [9.17, 15) is 5.11 Å². The van der Waals surface area contributed by atoms with Gasteiger partial charge in [0.1, 0.15) is 0 Å². The second-order valence-electron chi connectivity index (χ2n) is 5.99. The number of aliphatic hydroxyl groups excluding tert-OH is 1. The van der Waals surface area contributed by atoms with Crippen LogP contribution in [0.5, 0.6) is 11.5 Å². The van der Waals surface area contributed by atoms with E-state index >= 15 is 0 Å². The van der Waals surface area contributed by atoms with Crippen molar-refractivity contribution >= 4 is 11.6 Å². The molecule has 1 N–H and O–H groups in total. The quantitative estimate of drug-likeness (QED) is 0.860. The molecule has 1 aliphatic rings. The number of ether oxygens (including phenoxy) is 2. The summed E-state index contributed by atoms with van der Waals surface area (Å²) in [5.74, 6) is 1.17. The van der Waals surface area contributed by atoms with Gasteiger partial charge < -0.3 is 19.5 Å². The molecule has 0 bridgehead atoms. The molecule has 1 aliphatic heterocycles. The van der Waals surface area contributed by atoms with E-state index in [0.29, 0.717) is 29.2 Å². The van der Waals surface area contributed by atoms with Gasteiger partial charge in [0.15, 0.2) is 11.5 Å². The molecule has 5 nitrogen and oxygen atoms in total. The van der Waals surface area contributed by atoms with Gasteiger partial charge in [-0.25, -0.2) is 0 Å². The Bertz CT molecular complexity index is 527. The largest absolute Gasteiger partial charge is 0.493 e. The highest BCUT2D eigenvalue weighted by molar-refractivity contribution is 6.32. The second-order valence-corrected chi connectivity index (χ2v) is 6.40. The number of piperazine rings is 1. The van der Waals surface area contributed by atoms with E-state index in [1.54, 1.807) is 7.11 Å². The van der Waals surface area contributed by atoms with Crippen LogP contribution < -0.4 is 9.47 Å². The number of aliphatic hydroxyl groups is 1. The second kappa shape index (κ2) is 8.20. The van der Waals surface area contributed by atoms with Crippen molar-refractivity contribution < 1.29 is 14.6 Å². The summed E-state index contributed by atoms with van der Waals surface area (Å²) in [4.78, 5) is 4.63. The van der Waals surface area contributed by atoms with Crippen LogP contribution in [-0.2, 0) is 0 Å². The Kier molecular flexibility index (Phi) is 6.53.